The van der Waals surface area contributed by atoms with Crippen molar-refractivity contribution in [3.8, 4) is 0 Å². The molecule has 2 N–H and O–H groups in total. The van der Waals surface area contributed by atoms with Crippen molar-refractivity contribution in [1.29, 1.82) is 0 Å². The van der Waals surface area contributed by atoms with Gasteiger partial charge in [-0.15, -0.1) is 0 Å². The lowest BCUT2D eigenvalue weighted by molar-refractivity contribution is 0.944. The van der Waals surface area contributed by atoms with Gasteiger partial charge in [0.2, 0.25) is 0 Å². The van der Waals surface area contributed by atoms with Crippen LogP contribution in [0.3, 0.4) is 0 Å². The van der Waals surface area contributed by atoms with Crippen LogP contribution in [-0.4, -0.2) is 17.0 Å². The van der Waals surface area contributed by atoms with E-state index < -0.39 is 0 Å². The molecule has 0 atom stereocenters. The summed E-state index contributed by atoms with van der Waals surface area (Å²) in [4.78, 5) is 8.86. The molecule has 100 valence electrons. The average molecular weight is 321 g/mol. The highest BCUT2D eigenvalue weighted by Gasteiger charge is 2.05. The lowest BCUT2D eigenvalue weighted by atomic mass is 10.2. The Hall–Kier alpha value is -1.62. The Bertz CT molecular complexity index is 561. The number of rotatable bonds is 4. The lowest BCUT2D eigenvalue weighted by Gasteiger charge is -2.11. The van der Waals surface area contributed by atoms with Crippen molar-refractivity contribution >= 4 is 33.3 Å². The minimum atomic E-state index is 0.794. The maximum atomic E-state index is 4.48. The highest BCUT2D eigenvalue weighted by molar-refractivity contribution is 9.10. The van der Waals surface area contributed by atoms with Gasteiger partial charge in [0.25, 0.3) is 0 Å². The van der Waals surface area contributed by atoms with Crippen LogP contribution in [0.2, 0.25) is 0 Å². The Labute approximate surface area is 121 Å². The Morgan fingerprint density at radius 2 is 1.89 bits per heavy atom. The van der Waals surface area contributed by atoms with Gasteiger partial charge in [-0.05, 0) is 40.5 Å². The van der Waals surface area contributed by atoms with Crippen LogP contribution in [0.4, 0.5) is 17.3 Å². The first-order chi connectivity index (χ1) is 9.12. The fourth-order valence-electron chi connectivity index (χ4n) is 1.72. The summed E-state index contributed by atoms with van der Waals surface area (Å²) in [5.74, 6) is 2.43. The van der Waals surface area contributed by atoms with Gasteiger partial charge in [-0.3, -0.25) is 0 Å². The van der Waals surface area contributed by atoms with Gasteiger partial charge >= 0.3 is 0 Å². The molecule has 0 amide bonds. The van der Waals surface area contributed by atoms with Gasteiger partial charge in [0, 0.05) is 24.0 Å². The fraction of sp³-hybridized carbons (Fsp3) is 0.286. The van der Waals surface area contributed by atoms with E-state index in [1.54, 1.807) is 0 Å². The SMILES string of the molecule is CCc1nc(NC)cc(Nc2cc(C)ccc2Br)n1. The van der Waals surface area contributed by atoms with Crippen molar-refractivity contribution in [2.24, 2.45) is 0 Å². The lowest BCUT2D eigenvalue weighted by Crippen LogP contribution is -2.03. The molecule has 0 aliphatic heterocycles. The summed E-state index contributed by atoms with van der Waals surface area (Å²) >= 11 is 3.54. The third kappa shape index (κ3) is 3.44. The number of anilines is 3. The van der Waals surface area contributed by atoms with Crippen molar-refractivity contribution in [3.63, 3.8) is 0 Å². The van der Waals surface area contributed by atoms with Gasteiger partial charge in [0.15, 0.2) is 0 Å². The van der Waals surface area contributed by atoms with Crippen molar-refractivity contribution in [3.05, 3.63) is 40.1 Å². The highest BCUT2D eigenvalue weighted by atomic mass is 79.9. The number of aromatic nitrogens is 2. The Balaban J connectivity index is 2.34. The zero-order chi connectivity index (χ0) is 13.8. The molecular weight excluding hydrogens is 304 g/mol. The van der Waals surface area contributed by atoms with Crippen LogP contribution in [0.15, 0.2) is 28.7 Å². The quantitative estimate of drug-likeness (QED) is 0.897. The zero-order valence-corrected chi connectivity index (χ0v) is 12.9. The summed E-state index contributed by atoms with van der Waals surface area (Å²) in [5, 5.41) is 6.38. The van der Waals surface area contributed by atoms with Crippen LogP contribution in [0.1, 0.15) is 18.3 Å². The molecule has 4 nitrogen and oxygen atoms in total. The Morgan fingerprint density at radius 1 is 1.16 bits per heavy atom. The third-order valence-corrected chi connectivity index (χ3v) is 3.42. The highest BCUT2D eigenvalue weighted by Crippen LogP contribution is 2.26. The van der Waals surface area contributed by atoms with E-state index in [0.717, 1.165) is 34.0 Å². The fourth-order valence-corrected chi connectivity index (χ4v) is 2.07. The molecule has 19 heavy (non-hydrogen) atoms. The van der Waals surface area contributed by atoms with Gasteiger partial charge in [-0.1, -0.05) is 13.0 Å². The largest absolute Gasteiger partial charge is 0.373 e. The maximum Gasteiger partial charge on any atom is 0.136 e. The molecule has 2 aromatic rings. The molecule has 0 saturated heterocycles. The summed E-state index contributed by atoms with van der Waals surface area (Å²) < 4.78 is 1.01. The number of halogens is 1. The molecule has 0 bridgehead atoms. The summed E-state index contributed by atoms with van der Waals surface area (Å²) in [6.45, 7) is 4.11. The average Bonchev–Trinajstić information content (AvgIpc) is 2.42. The van der Waals surface area contributed by atoms with Gasteiger partial charge in [0.05, 0.1) is 5.69 Å². The molecule has 5 heteroatoms. The van der Waals surface area contributed by atoms with E-state index in [2.05, 4.69) is 55.6 Å². The first kappa shape index (κ1) is 13.8. The molecule has 2 rings (SSSR count). The van der Waals surface area contributed by atoms with Gasteiger partial charge < -0.3 is 10.6 Å². The molecule has 1 aromatic heterocycles. The normalized spacial score (nSPS) is 10.3. The van der Waals surface area contributed by atoms with Crippen LogP contribution in [0.5, 0.6) is 0 Å². The van der Waals surface area contributed by atoms with Crippen LogP contribution >= 0.6 is 15.9 Å². The van der Waals surface area contributed by atoms with E-state index in [9.17, 15) is 0 Å². The number of nitrogens with zero attached hydrogens (tertiary/aromatic N) is 2. The minimum absolute atomic E-state index is 0.794. The predicted octanol–water partition coefficient (Wildman–Crippen LogP) is 3.90. The summed E-state index contributed by atoms with van der Waals surface area (Å²) in [5.41, 5.74) is 2.20. The molecular formula is C14H17BrN4. The van der Waals surface area contributed by atoms with Crippen LogP contribution in [-0.2, 0) is 6.42 Å². The zero-order valence-electron chi connectivity index (χ0n) is 11.3. The second kappa shape index (κ2) is 6.02. The van der Waals surface area contributed by atoms with Gasteiger partial charge in [0.1, 0.15) is 17.5 Å². The molecule has 0 unspecified atom stereocenters. The number of aryl methyl sites for hydroxylation is 2. The van der Waals surface area contributed by atoms with E-state index in [-0.39, 0.29) is 0 Å². The van der Waals surface area contributed by atoms with Crippen LogP contribution in [0.25, 0.3) is 0 Å². The second-order valence-electron chi connectivity index (χ2n) is 4.27. The van der Waals surface area contributed by atoms with Gasteiger partial charge in [-0.25, -0.2) is 9.97 Å². The van der Waals surface area contributed by atoms with Crippen molar-refractivity contribution in [2.75, 3.05) is 17.7 Å². The minimum Gasteiger partial charge on any atom is -0.373 e. The molecule has 1 aromatic carbocycles. The first-order valence-corrected chi connectivity index (χ1v) is 7.00. The number of hydrogen-bond donors (Lipinski definition) is 2. The molecule has 1 heterocycles. The molecule has 0 aliphatic carbocycles. The Kier molecular flexibility index (Phi) is 4.37. The van der Waals surface area contributed by atoms with E-state index in [0.29, 0.717) is 0 Å². The molecule has 0 fully saturated rings. The molecule has 0 aliphatic rings. The molecule has 0 radical (unpaired) electrons. The second-order valence-corrected chi connectivity index (χ2v) is 5.12. The van der Waals surface area contributed by atoms with E-state index in [4.69, 9.17) is 0 Å². The molecule has 0 spiro atoms. The number of hydrogen-bond acceptors (Lipinski definition) is 4. The van der Waals surface area contributed by atoms with Crippen LogP contribution in [0, 0.1) is 6.92 Å². The first-order valence-electron chi connectivity index (χ1n) is 6.21. The monoisotopic (exact) mass is 320 g/mol. The number of nitrogens with one attached hydrogen (secondary N) is 2. The van der Waals surface area contributed by atoms with Crippen molar-refractivity contribution in [1.82, 2.24) is 9.97 Å². The topological polar surface area (TPSA) is 49.8 Å². The van der Waals surface area contributed by atoms with E-state index in [1.807, 2.05) is 26.1 Å². The number of benzene rings is 1. The smallest absolute Gasteiger partial charge is 0.136 e. The summed E-state index contributed by atoms with van der Waals surface area (Å²) in [7, 11) is 1.86. The summed E-state index contributed by atoms with van der Waals surface area (Å²) in [6.07, 6.45) is 0.805. The van der Waals surface area contributed by atoms with E-state index >= 15 is 0 Å². The van der Waals surface area contributed by atoms with Crippen LogP contribution < -0.4 is 10.6 Å². The standard InChI is InChI=1S/C14H17BrN4/c1-4-12-18-13(16-3)8-14(19-12)17-11-7-9(2)5-6-10(11)15/h5-8H,4H2,1-3H3,(H2,16,17,18,19). The Morgan fingerprint density at radius 3 is 2.58 bits per heavy atom. The molecule has 0 saturated carbocycles. The predicted molar refractivity (Wildman–Crippen MR) is 83.1 cm³/mol. The third-order valence-electron chi connectivity index (χ3n) is 2.73. The van der Waals surface area contributed by atoms with Crippen molar-refractivity contribution < 1.29 is 0 Å². The van der Waals surface area contributed by atoms with Crippen molar-refractivity contribution in [2.45, 2.75) is 20.3 Å². The summed E-state index contributed by atoms with van der Waals surface area (Å²) in [6, 6.07) is 8.06. The van der Waals surface area contributed by atoms with E-state index in [1.165, 1.54) is 5.56 Å². The van der Waals surface area contributed by atoms with Gasteiger partial charge in [-0.2, -0.15) is 0 Å². The maximum absolute atomic E-state index is 4.48.